The number of benzene rings is 1. The van der Waals surface area contributed by atoms with E-state index in [0.717, 1.165) is 16.9 Å². The average molecular weight is 282 g/mol. The Morgan fingerprint density at radius 2 is 2.10 bits per heavy atom. The van der Waals surface area contributed by atoms with E-state index in [1.54, 1.807) is 17.2 Å². The van der Waals surface area contributed by atoms with Crippen LogP contribution in [0.3, 0.4) is 0 Å². The highest BCUT2D eigenvalue weighted by Gasteiger charge is 2.16. The minimum absolute atomic E-state index is 0.0101. The van der Waals surface area contributed by atoms with Gasteiger partial charge in [0, 0.05) is 6.54 Å². The molecule has 2 aromatic rings. The molecule has 0 fully saturated rings. The van der Waals surface area contributed by atoms with Gasteiger partial charge in [-0.25, -0.2) is 0 Å². The summed E-state index contributed by atoms with van der Waals surface area (Å²) in [6, 6.07) is 13.6. The lowest BCUT2D eigenvalue weighted by atomic mass is 10.1. The second-order valence-electron chi connectivity index (χ2n) is 4.91. The molecule has 1 aromatic heterocycles. The first-order valence-electron chi connectivity index (χ1n) is 6.92. The highest BCUT2D eigenvalue weighted by atomic mass is 16.3. The number of hydrogen-bond acceptors (Lipinski definition) is 3. The number of amides is 1. The molecule has 108 valence electrons. The van der Waals surface area contributed by atoms with Gasteiger partial charge in [0.25, 0.3) is 0 Å². The van der Waals surface area contributed by atoms with Gasteiger partial charge in [0.1, 0.15) is 5.76 Å². The van der Waals surface area contributed by atoms with Gasteiger partial charge in [-0.1, -0.05) is 24.3 Å². The predicted molar refractivity (Wildman–Crippen MR) is 79.2 cm³/mol. The number of hydrogen-bond donors (Lipinski definition) is 0. The maximum absolute atomic E-state index is 12.5. The lowest BCUT2D eigenvalue weighted by molar-refractivity contribution is -0.131. The standard InChI is InChI=1S/C17H18N2O2/c1-14-6-2-3-7-15(14)12-17(20)19(10-5-9-18)13-16-8-4-11-21-16/h2-4,6-8,11H,5,10,12-13H2,1H3. The molecule has 1 aromatic carbocycles. The molecule has 0 atom stereocenters. The maximum atomic E-state index is 12.5. The molecule has 0 bridgehead atoms. The Labute approximate surface area is 124 Å². The summed E-state index contributed by atoms with van der Waals surface area (Å²) in [6.07, 6.45) is 2.25. The van der Waals surface area contributed by atoms with Crippen molar-refractivity contribution in [3.8, 4) is 6.07 Å². The van der Waals surface area contributed by atoms with Crippen molar-refractivity contribution in [2.24, 2.45) is 0 Å². The lowest BCUT2D eigenvalue weighted by Gasteiger charge is -2.21. The number of furan rings is 1. The fourth-order valence-electron chi connectivity index (χ4n) is 2.15. The van der Waals surface area contributed by atoms with Crippen LogP contribution in [0.25, 0.3) is 0 Å². The van der Waals surface area contributed by atoms with Crippen LogP contribution in [0.4, 0.5) is 0 Å². The third kappa shape index (κ3) is 4.22. The van der Waals surface area contributed by atoms with E-state index in [4.69, 9.17) is 9.68 Å². The molecule has 1 heterocycles. The first-order chi connectivity index (χ1) is 10.2. The average Bonchev–Trinajstić information content (AvgIpc) is 2.98. The van der Waals surface area contributed by atoms with Crippen molar-refractivity contribution >= 4 is 5.91 Å². The van der Waals surface area contributed by atoms with E-state index in [1.807, 2.05) is 37.3 Å². The molecule has 4 heteroatoms. The zero-order chi connectivity index (χ0) is 15.1. The summed E-state index contributed by atoms with van der Waals surface area (Å²) in [5.41, 5.74) is 2.12. The van der Waals surface area contributed by atoms with E-state index in [2.05, 4.69) is 6.07 Å². The predicted octanol–water partition coefficient (Wildman–Crippen LogP) is 3.07. The van der Waals surface area contributed by atoms with Gasteiger partial charge in [0.15, 0.2) is 0 Å². The molecule has 2 rings (SSSR count). The molecule has 4 nitrogen and oxygen atoms in total. The summed E-state index contributed by atoms with van der Waals surface area (Å²) < 4.78 is 5.29. The van der Waals surface area contributed by atoms with Gasteiger partial charge >= 0.3 is 0 Å². The van der Waals surface area contributed by atoms with Gasteiger partial charge in [-0.05, 0) is 30.2 Å². The van der Waals surface area contributed by atoms with Crippen molar-refractivity contribution in [1.29, 1.82) is 5.26 Å². The fraction of sp³-hybridized carbons (Fsp3) is 0.294. The normalized spacial score (nSPS) is 10.1. The molecule has 0 unspecified atom stereocenters. The zero-order valence-corrected chi connectivity index (χ0v) is 12.1. The molecular formula is C17H18N2O2. The van der Waals surface area contributed by atoms with E-state index in [1.165, 1.54) is 0 Å². The molecule has 0 aliphatic heterocycles. The number of carbonyl (C=O) groups excluding carboxylic acids is 1. The Kier molecular flexibility index (Phi) is 5.16. The molecular weight excluding hydrogens is 264 g/mol. The van der Waals surface area contributed by atoms with Crippen LogP contribution in [0.15, 0.2) is 47.1 Å². The first kappa shape index (κ1) is 14.9. The minimum Gasteiger partial charge on any atom is -0.467 e. The van der Waals surface area contributed by atoms with Crippen molar-refractivity contribution < 1.29 is 9.21 Å². The van der Waals surface area contributed by atoms with Gasteiger partial charge in [-0.15, -0.1) is 0 Å². The van der Waals surface area contributed by atoms with Gasteiger partial charge in [0.2, 0.25) is 5.91 Å². The van der Waals surface area contributed by atoms with Crippen LogP contribution in [0.5, 0.6) is 0 Å². The lowest BCUT2D eigenvalue weighted by Crippen LogP contribution is -2.32. The molecule has 1 amide bonds. The van der Waals surface area contributed by atoms with Crippen LogP contribution in [0.2, 0.25) is 0 Å². The topological polar surface area (TPSA) is 57.2 Å². The number of aryl methyl sites for hydroxylation is 1. The molecule has 0 spiro atoms. The largest absolute Gasteiger partial charge is 0.467 e. The highest BCUT2D eigenvalue weighted by Crippen LogP contribution is 2.12. The van der Waals surface area contributed by atoms with Gasteiger partial charge in [-0.3, -0.25) is 4.79 Å². The van der Waals surface area contributed by atoms with Crippen LogP contribution in [-0.4, -0.2) is 17.4 Å². The van der Waals surface area contributed by atoms with E-state index in [-0.39, 0.29) is 5.91 Å². The van der Waals surface area contributed by atoms with Crippen molar-refractivity contribution in [2.75, 3.05) is 6.54 Å². The monoisotopic (exact) mass is 282 g/mol. The maximum Gasteiger partial charge on any atom is 0.227 e. The Hall–Kier alpha value is -2.54. The van der Waals surface area contributed by atoms with E-state index < -0.39 is 0 Å². The Morgan fingerprint density at radius 3 is 2.76 bits per heavy atom. The third-order valence-electron chi connectivity index (χ3n) is 3.38. The highest BCUT2D eigenvalue weighted by molar-refractivity contribution is 5.79. The van der Waals surface area contributed by atoms with Gasteiger partial charge in [-0.2, -0.15) is 5.26 Å². The molecule has 0 radical (unpaired) electrons. The molecule has 0 aliphatic rings. The summed E-state index contributed by atoms with van der Waals surface area (Å²) in [6.45, 7) is 2.82. The summed E-state index contributed by atoms with van der Waals surface area (Å²) >= 11 is 0. The van der Waals surface area contributed by atoms with E-state index in [0.29, 0.717) is 25.9 Å². The van der Waals surface area contributed by atoms with Crippen LogP contribution < -0.4 is 0 Å². The van der Waals surface area contributed by atoms with Crippen molar-refractivity contribution in [1.82, 2.24) is 4.90 Å². The van der Waals surface area contributed by atoms with Crippen LogP contribution >= 0.6 is 0 Å². The quantitative estimate of drug-likeness (QED) is 0.818. The summed E-state index contributed by atoms with van der Waals surface area (Å²) in [4.78, 5) is 14.1. The SMILES string of the molecule is Cc1ccccc1CC(=O)N(CCC#N)Cc1ccco1. The van der Waals surface area contributed by atoms with Crippen LogP contribution in [0, 0.1) is 18.3 Å². The van der Waals surface area contributed by atoms with E-state index in [9.17, 15) is 4.79 Å². The van der Waals surface area contributed by atoms with Crippen molar-refractivity contribution in [3.05, 3.63) is 59.5 Å². The Bertz CT molecular complexity index is 626. The molecule has 21 heavy (non-hydrogen) atoms. The Balaban J connectivity index is 2.07. The molecule has 0 aliphatic carbocycles. The molecule has 0 N–H and O–H groups in total. The van der Waals surface area contributed by atoms with Crippen LogP contribution in [0.1, 0.15) is 23.3 Å². The number of rotatable bonds is 6. The minimum atomic E-state index is 0.0101. The third-order valence-corrected chi connectivity index (χ3v) is 3.38. The molecule has 0 saturated carbocycles. The Morgan fingerprint density at radius 1 is 1.29 bits per heavy atom. The van der Waals surface area contributed by atoms with Gasteiger partial charge in [0.05, 0.1) is 31.7 Å². The number of nitriles is 1. The fourth-order valence-corrected chi connectivity index (χ4v) is 2.15. The summed E-state index contributed by atoms with van der Waals surface area (Å²) in [7, 11) is 0. The second kappa shape index (κ2) is 7.30. The summed E-state index contributed by atoms with van der Waals surface area (Å²) in [5, 5.41) is 8.75. The first-order valence-corrected chi connectivity index (χ1v) is 6.92. The molecule has 0 saturated heterocycles. The zero-order valence-electron chi connectivity index (χ0n) is 12.1. The summed E-state index contributed by atoms with van der Waals surface area (Å²) in [5.74, 6) is 0.738. The van der Waals surface area contributed by atoms with Crippen LogP contribution in [-0.2, 0) is 17.8 Å². The van der Waals surface area contributed by atoms with Crippen molar-refractivity contribution in [3.63, 3.8) is 0 Å². The smallest absolute Gasteiger partial charge is 0.227 e. The van der Waals surface area contributed by atoms with Crippen molar-refractivity contribution in [2.45, 2.75) is 26.3 Å². The van der Waals surface area contributed by atoms with E-state index >= 15 is 0 Å². The number of carbonyl (C=O) groups is 1. The second-order valence-corrected chi connectivity index (χ2v) is 4.91. The van der Waals surface area contributed by atoms with Gasteiger partial charge < -0.3 is 9.32 Å². The number of nitrogens with zero attached hydrogens (tertiary/aromatic N) is 2.